The van der Waals surface area contributed by atoms with Crippen LogP contribution >= 0.6 is 45.2 Å². The van der Waals surface area contributed by atoms with Gasteiger partial charge in [0.1, 0.15) is 13.7 Å². The van der Waals surface area contributed by atoms with Crippen LogP contribution in [0.3, 0.4) is 0 Å². The van der Waals surface area contributed by atoms with Gasteiger partial charge in [0.25, 0.3) is 0 Å². The first-order valence-corrected chi connectivity index (χ1v) is 6.02. The molecule has 0 N–H and O–H groups in total. The molecule has 0 saturated heterocycles. The second-order valence-electron chi connectivity index (χ2n) is 2.66. The zero-order chi connectivity index (χ0) is 10.1. The first-order valence-electron chi connectivity index (χ1n) is 3.86. The van der Waals surface area contributed by atoms with E-state index in [4.69, 9.17) is 0 Å². The van der Waals surface area contributed by atoms with Crippen molar-refractivity contribution in [3.8, 4) is 5.82 Å². The van der Waals surface area contributed by atoms with E-state index < -0.39 is 0 Å². The smallest absolute Gasteiger partial charge is 0.160 e. The maximum absolute atomic E-state index is 4.28. The van der Waals surface area contributed by atoms with Crippen molar-refractivity contribution in [3.05, 3.63) is 31.8 Å². The molecular formula is C8H6I2N4. The van der Waals surface area contributed by atoms with Gasteiger partial charge in [-0.3, -0.25) is 9.55 Å². The van der Waals surface area contributed by atoms with Crippen LogP contribution < -0.4 is 0 Å². The van der Waals surface area contributed by atoms with Gasteiger partial charge in [0.15, 0.2) is 5.82 Å². The van der Waals surface area contributed by atoms with E-state index in [2.05, 4.69) is 60.1 Å². The lowest BCUT2D eigenvalue weighted by Gasteiger charge is -2.04. The van der Waals surface area contributed by atoms with Crippen molar-refractivity contribution in [2.45, 2.75) is 6.92 Å². The van der Waals surface area contributed by atoms with Crippen molar-refractivity contribution < 1.29 is 0 Å². The van der Waals surface area contributed by atoms with Gasteiger partial charge >= 0.3 is 0 Å². The number of hydrogen-bond donors (Lipinski definition) is 0. The Hall–Kier alpha value is -0.250. The first kappa shape index (κ1) is 10.3. The van der Waals surface area contributed by atoms with Gasteiger partial charge in [0.2, 0.25) is 0 Å². The Morgan fingerprint density at radius 3 is 2.43 bits per heavy atom. The van der Waals surface area contributed by atoms with E-state index in [-0.39, 0.29) is 0 Å². The van der Waals surface area contributed by atoms with Crippen molar-refractivity contribution >= 4 is 45.2 Å². The van der Waals surface area contributed by atoms with E-state index in [0.29, 0.717) is 0 Å². The summed E-state index contributed by atoms with van der Waals surface area (Å²) in [6, 6.07) is 0. The summed E-state index contributed by atoms with van der Waals surface area (Å²) in [5.74, 6) is 0.840. The molecule has 0 radical (unpaired) electrons. The van der Waals surface area contributed by atoms with Gasteiger partial charge in [-0.1, -0.05) is 0 Å². The third-order valence-corrected chi connectivity index (χ3v) is 4.60. The normalized spacial score (nSPS) is 10.5. The van der Waals surface area contributed by atoms with Crippen LogP contribution in [-0.4, -0.2) is 19.5 Å². The molecule has 0 spiro atoms. The van der Waals surface area contributed by atoms with Gasteiger partial charge in [0, 0.05) is 12.4 Å². The third-order valence-electron chi connectivity index (χ3n) is 1.75. The minimum Gasteiger partial charge on any atom is -0.275 e. The highest BCUT2D eigenvalue weighted by molar-refractivity contribution is 14.1. The molecule has 0 aliphatic carbocycles. The van der Waals surface area contributed by atoms with E-state index >= 15 is 0 Å². The molecule has 4 nitrogen and oxygen atoms in total. The van der Waals surface area contributed by atoms with Crippen molar-refractivity contribution in [2.75, 3.05) is 0 Å². The average Bonchev–Trinajstić information content (AvgIpc) is 2.49. The summed E-state index contributed by atoms with van der Waals surface area (Å²) >= 11 is 4.44. The predicted octanol–water partition coefficient (Wildman–Crippen LogP) is 2.18. The molecule has 0 aliphatic rings. The minimum atomic E-state index is 0.840. The summed E-state index contributed by atoms with van der Waals surface area (Å²) in [4.78, 5) is 12.7. The Morgan fingerprint density at radius 1 is 1.14 bits per heavy atom. The average molecular weight is 412 g/mol. The Kier molecular flexibility index (Phi) is 3.00. The number of imidazole rings is 1. The molecule has 14 heavy (non-hydrogen) atoms. The van der Waals surface area contributed by atoms with Crippen molar-refractivity contribution in [2.24, 2.45) is 0 Å². The van der Waals surface area contributed by atoms with Crippen LogP contribution in [0.25, 0.3) is 5.82 Å². The second-order valence-corrected chi connectivity index (χ2v) is 4.71. The van der Waals surface area contributed by atoms with Crippen LogP contribution in [-0.2, 0) is 0 Å². The monoisotopic (exact) mass is 412 g/mol. The number of hydrogen-bond acceptors (Lipinski definition) is 3. The summed E-state index contributed by atoms with van der Waals surface area (Å²) in [7, 11) is 0. The van der Waals surface area contributed by atoms with Crippen LogP contribution in [0.1, 0.15) is 5.69 Å². The van der Waals surface area contributed by atoms with Gasteiger partial charge in [0.05, 0.1) is 5.69 Å². The molecule has 2 heterocycles. The third kappa shape index (κ3) is 1.76. The molecular weight excluding hydrogens is 406 g/mol. The fourth-order valence-electron chi connectivity index (χ4n) is 1.10. The highest BCUT2D eigenvalue weighted by Crippen LogP contribution is 2.17. The fraction of sp³-hybridized carbons (Fsp3) is 0.125. The standard InChI is InChI=1S/C8H6I2N4/c1-5-8(12-3-2-11-5)14-4-13-6(9)7(14)10/h2-4H,1H3. The van der Waals surface area contributed by atoms with Gasteiger partial charge in [-0.2, -0.15) is 0 Å². The summed E-state index contributed by atoms with van der Waals surface area (Å²) in [5, 5.41) is 0. The SMILES string of the molecule is Cc1nccnc1-n1cnc(I)c1I. The summed E-state index contributed by atoms with van der Waals surface area (Å²) in [5.41, 5.74) is 0.902. The van der Waals surface area contributed by atoms with E-state index in [0.717, 1.165) is 18.9 Å². The molecule has 0 aromatic carbocycles. The van der Waals surface area contributed by atoms with Crippen molar-refractivity contribution in [1.29, 1.82) is 0 Å². The van der Waals surface area contributed by atoms with Gasteiger partial charge in [-0.15, -0.1) is 0 Å². The molecule has 0 aliphatic heterocycles. The molecule has 6 heteroatoms. The van der Waals surface area contributed by atoms with Crippen LogP contribution in [0.4, 0.5) is 0 Å². The van der Waals surface area contributed by atoms with Crippen molar-refractivity contribution in [3.63, 3.8) is 0 Å². The van der Waals surface area contributed by atoms with Crippen LogP contribution in [0.2, 0.25) is 0 Å². The van der Waals surface area contributed by atoms with E-state index in [1.54, 1.807) is 18.7 Å². The molecule has 0 saturated carbocycles. The highest BCUT2D eigenvalue weighted by Gasteiger charge is 2.09. The lowest BCUT2D eigenvalue weighted by Crippen LogP contribution is -2.02. The molecule has 0 amide bonds. The molecule has 2 rings (SSSR count). The molecule has 72 valence electrons. The van der Waals surface area contributed by atoms with E-state index in [9.17, 15) is 0 Å². The summed E-state index contributed by atoms with van der Waals surface area (Å²) < 4.78 is 3.98. The van der Waals surface area contributed by atoms with Crippen LogP contribution in [0.5, 0.6) is 0 Å². The number of aromatic nitrogens is 4. The number of aryl methyl sites for hydroxylation is 1. The van der Waals surface area contributed by atoms with Gasteiger partial charge < -0.3 is 0 Å². The van der Waals surface area contributed by atoms with Crippen LogP contribution in [0, 0.1) is 14.3 Å². The van der Waals surface area contributed by atoms with Crippen molar-refractivity contribution in [1.82, 2.24) is 19.5 Å². The highest BCUT2D eigenvalue weighted by atomic mass is 127. The van der Waals surface area contributed by atoms with Crippen LogP contribution in [0.15, 0.2) is 18.7 Å². The molecule has 2 aromatic heterocycles. The lowest BCUT2D eigenvalue weighted by atomic mass is 10.4. The van der Waals surface area contributed by atoms with E-state index in [1.165, 1.54) is 0 Å². The maximum Gasteiger partial charge on any atom is 0.160 e. The molecule has 0 fully saturated rings. The largest absolute Gasteiger partial charge is 0.275 e. The summed E-state index contributed by atoms with van der Waals surface area (Å²) in [6.07, 6.45) is 5.14. The maximum atomic E-state index is 4.28. The molecule has 0 bridgehead atoms. The Labute approximate surface area is 108 Å². The minimum absolute atomic E-state index is 0.840. The zero-order valence-electron chi connectivity index (χ0n) is 7.28. The Morgan fingerprint density at radius 2 is 1.86 bits per heavy atom. The Bertz CT molecular complexity index is 466. The number of rotatable bonds is 1. The molecule has 0 atom stereocenters. The lowest BCUT2D eigenvalue weighted by molar-refractivity contribution is 0.923. The topological polar surface area (TPSA) is 43.6 Å². The van der Waals surface area contributed by atoms with E-state index in [1.807, 2.05) is 11.5 Å². The molecule has 2 aromatic rings. The first-order chi connectivity index (χ1) is 6.70. The predicted molar refractivity (Wildman–Crippen MR) is 69.3 cm³/mol. The Balaban J connectivity index is 2.60. The quantitative estimate of drug-likeness (QED) is 0.675. The number of halogens is 2. The van der Waals surface area contributed by atoms with Gasteiger partial charge in [-0.05, 0) is 52.1 Å². The molecule has 0 unspecified atom stereocenters. The zero-order valence-corrected chi connectivity index (χ0v) is 11.6. The fourth-order valence-corrected chi connectivity index (χ4v) is 1.97. The van der Waals surface area contributed by atoms with Gasteiger partial charge in [-0.25, -0.2) is 9.97 Å². The summed E-state index contributed by atoms with van der Waals surface area (Å²) in [6.45, 7) is 1.94. The second kappa shape index (κ2) is 4.09. The number of nitrogens with zero attached hydrogens (tertiary/aromatic N) is 4.